The van der Waals surface area contributed by atoms with Gasteiger partial charge in [0.15, 0.2) is 23.3 Å². The molecule has 8 nitrogen and oxygen atoms in total. The molecule has 2 N–H and O–H groups in total. The van der Waals surface area contributed by atoms with E-state index in [4.69, 9.17) is 14.0 Å². The Morgan fingerprint density at radius 2 is 1.94 bits per heavy atom. The maximum absolute atomic E-state index is 5.66. The van der Waals surface area contributed by atoms with Gasteiger partial charge >= 0.3 is 0 Å². The molecule has 0 saturated carbocycles. The van der Waals surface area contributed by atoms with Gasteiger partial charge in [-0.2, -0.15) is 4.98 Å². The minimum Gasteiger partial charge on any atom is -0.493 e. The first-order valence-electron chi connectivity index (χ1n) is 11.2. The van der Waals surface area contributed by atoms with Crippen LogP contribution in [0.5, 0.6) is 11.5 Å². The molecule has 0 fully saturated rings. The molecule has 0 aliphatic heterocycles. The van der Waals surface area contributed by atoms with Crippen LogP contribution in [0.2, 0.25) is 0 Å². The third kappa shape index (κ3) is 9.62. The molecule has 2 aromatic rings. The summed E-state index contributed by atoms with van der Waals surface area (Å²) in [7, 11) is 1.66. The first kappa shape index (κ1) is 28.0. The molecule has 0 amide bonds. The molecule has 0 atom stereocenters. The number of hydrogen-bond acceptors (Lipinski definition) is 6. The van der Waals surface area contributed by atoms with Gasteiger partial charge in [0.05, 0.1) is 13.7 Å². The largest absolute Gasteiger partial charge is 0.493 e. The van der Waals surface area contributed by atoms with Gasteiger partial charge in [-0.3, -0.25) is 4.99 Å². The molecule has 1 aromatic carbocycles. The van der Waals surface area contributed by atoms with Crippen molar-refractivity contribution >= 4 is 29.9 Å². The third-order valence-electron chi connectivity index (χ3n) is 4.63. The number of ether oxygens (including phenoxy) is 2. The second-order valence-corrected chi connectivity index (χ2v) is 7.51. The summed E-state index contributed by atoms with van der Waals surface area (Å²) >= 11 is 0. The van der Waals surface area contributed by atoms with Crippen molar-refractivity contribution in [2.24, 2.45) is 4.99 Å². The topological polar surface area (TPSA) is 93.8 Å². The Kier molecular flexibility index (Phi) is 13.7. The van der Waals surface area contributed by atoms with Crippen LogP contribution < -0.4 is 20.1 Å². The van der Waals surface area contributed by atoms with Gasteiger partial charge in [0.2, 0.25) is 5.89 Å². The van der Waals surface area contributed by atoms with Crippen LogP contribution in [-0.4, -0.2) is 49.5 Å². The Labute approximate surface area is 209 Å². The minimum atomic E-state index is 0. The summed E-state index contributed by atoms with van der Waals surface area (Å²) < 4.78 is 16.3. The number of benzene rings is 1. The number of nitrogens with zero attached hydrogens (tertiary/aromatic N) is 3. The quantitative estimate of drug-likeness (QED) is 0.163. The zero-order valence-corrected chi connectivity index (χ0v) is 22.3. The number of guanidine groups is 1. The second kappa shape index (κ2) is 15.7. The van der Waals surface area contributed by atoms with Crippen molar-refractivity contribution in [2.45, 2.75) is 59.3 Å². The normalized spacial score (nSPS) is 11.2. The number of halogens is 1. The molecule has 1 aromatic heterocycles. The maximum atomic E-state index is 5.66. The first-order valence-corrected chi connectivity index (χ1v) is 11.2. The molecule has 9 heteroatoms. The number of hydrogen-bond donors (Lipinski definition) is 2. The first-order chi connectivity index (χ1) is 15.1. The monoisotopic (exact) mass is 559 g/mol. The zero-order chi connectivity index (χ0) is 22.5. The molecule has 0 aliphatic rings. The van der Waals surface area contributed by atoms with E-state index in [9.17, 15) is 0 Å². The van der Waals surface area contributed by atoms with Crippen LogP contribution in [0.3, 0.4) is 0 Å². The van der Waals surface area contributed by atoms with Gasteiger partial charge in [0.25, 0.3) is 0 Å². The van der Waals surface area contributed by atoms with Crippen LogP contribution in [0.15, 0.2) is 27.7 Å². The number of aryl methyl sites for hydroxylation is 2. The minimum absolute atomic E-state index is 0. The average molecular weight is 559 g/mol. The van der Waals surface area contributed by atoms with Crippen LogP contribution >= 0.6 is 24.0 Å². The lowest BCUT2D eigenvalue weighted by atomic mass is 10.1. The highest BCUT2D eigenvalue weighted by molar-refractivity contribution is 14.0. The molecule has 0 spiro atoms. The molecule has 0 saturated heterocycles. The Morgan fingerprint density at radius 1 is 1.12 bits per heavy atom. The van der Waals surface area contributed by atoms with Crippen LogP contribution in [0, 0.1) is 0 Å². The van der Waals surface area contributed by atoms with Crippen molar-refractivity contribution in [3.05, 3.63) is 35.5 Å². The van der Waals surface area contributed by atoms with Crippen molar-refractivity contribution in [1.29, 1.82) is 0 Å². The van der Waals surface area contributed by atoms with E-state index in [-0.39, 0.29) is 29.9 Å². The summed E-state index contributed by atoms with van der Waals surface area (Å²) in [5, 5.41) is 10.7. The summed E-state index contributed by atoms with van der Waals surface area (Å²) in [5.74, 6) is 4.14. The van der Waals surface area contributed by atoms with Gasteiger partial charge in [-0.05, 0) is 50.8 Å². The number of nitrogens with one attached hydrogen (secondary N) is 2. The van der Waals surface area contributed by atoms with Crippen molar-refractivity contribution in [3.8, 4) is 11.5 Å². The lowest BCUT2D eigenvalue weighted by Crippen LogP contribution is -2.38. The van der Waals surface area contributed by atoms with Crippen molar-refractivity contribution in [2.75, 3.05) is 33.4 Å². The molecule has 0 radical (unpaired) electrons. The van der Waals surface area contributed by atoms with Gasteiger partial charge in [-0.1, -0.05) is 25.1 Å². The number of rotatable bonds is 13. The van der Waals surface area contributed by atoms with E-state index in [1.807, 2.05) is 13.0 Å². The van der Waals surface area contributed by atoms with E-state index in [2.05, 4.69) is 58.7 Å². The fourth-order valence-corrected chi connectivity index (χ4v) is 3.01. The Morgan fingerprint density at radius 3 is 2.59 bits per heavy atom. The van der Waals surface area contributed by atoms with E-state index in [1.54, 1.807) is 7.11 Å². The van der Waals surface area contributed by atoms with Gasteiger partial charge in [0.1, 0.15) is 0 Å². The highest BCUT2D eigenvalue weighted by Crippen LogP contribution is 2.28. The summed E-state index contributed by atoms with van der Waals surface area (Å²) in [5.41, 5.74) is 1.22. The average Bonchev–Trinajstić information content (AvgIpc) is 3.24. The van der Waals surface area contributed by atoms with Crippen LogP contribution in [-0.2, 0) is 12.8 Å². The van der Waals surface area contributed by atoms with E-state index in [1.165, 1.54) is 5.56 Å². The predicted molar refractivity (Wildman–Crippen MR) is 139 cm³/mol. The Hall–Kier alpha value is -2.04. The molecule has 0 bridgehead atoms. The SMILES string of the molecule is CCNC(=NCCCc1ccc(OC)c(OCC)c1)NCCCc1nc(C(C)C)no1.I. The molecule has 180 valence electrons. The summed E-state index contributed by atoms with van der Waals surface area (Å²) in [4.78, 5) is 9.09. The van der Waals surface area contributed by atoms with Crippen molar-refractivity contribution < 1.29 is 14.0 Å². The highest BCUT2D eigenvalue weighted by Gasteiger charge is 2.09. The molecule has 0 aliphatic carbocycles. The highest BCUT2D eigenvalue weighted by atomic mass is 127. The standard InChI is InChI=1S/C23H37N5O3.HI/c1-6-24-23(26-15-9-11-21-27-22(17(3)4)28-31-21)25-14-8-10-18-12-13-19(29-5)20(16-18)30-7-2;/h12-13,16-17H,6-11,14-15H2,1-5H3,(H2,24,25,26);1H. The maximum Gasteiger partial charge on any atom is 0.226 e. The van der Waals surface area contributed by atoms with Gasteiger partial charge in [-0.25, -0.2) is 0 Å². The number of aromatic nitrogens is 2. The van der Waals surface area contributed by atoms with Gasteiger partial charge in [-0.15, -0.1) is 24.0 Å². The molecular formula is C23H38IN5O3. The molecule has 32 heavy (non-hydrogen) atoms. The van der Waals surface area contributed by atoms with E-state index in [0.29, 0.717) is 12.5 Å². The van der Waals surface area contributed by atoms with E-state index in [0.717, 1.165) is 68.6 Å². The van der Waals surface area contributed by atoms with E-state index < -0.39 is 0 Å². The number of aliphatic imine (C=N–C) groups is 1. The van der Waals surface area contributed by atoms with Crippen LogP contribution in [0.25, 0.3) is 0 Å². The van der Waals surface area contributed by atoms with Crippen molar-refractivity contribution in [1.82, 2.24) is 20.8 Å². The van der Waals surface area contributed by atoms with Crippen molar-refractivity contribution in [3.63, 3.8) is 0 Å². The lowest BCUT2D eigenvalue weighted by molar-refractivity contribution is 0.310. The summed E-state index contributed by atoms with van der Waals surface area (Å²) in [6.07, 6.45) is 3.54. The van der Waals surface area contributed by atoms with Crippen LogP contribution in [0.4, 0.5) is 0 Å². The fraction of sp³-hybridized carbons (Fsp3) is 0.609. The zero-order valence-electron chi connectivity index (χ0n) is 19.9. The van der Waals surface area contributed by atoms with E-state index >= 15 is 0 Å². The lowest BCUT2D eigenvalue weighted by Gasteiger charge is -2.12. The van der Waals surface area contributed by atoms with Gasteiger partial charge < -0.3 is 24.6 Å². The summed E-state index contributed by atoms with van der Waals surface area (Å²) in [6.45, 7) is 11.1. The smallest absolute Gasteiger partial charge is 0.226 e. The van der Waals surface area contributed by atoms with Crippen LogP contribution in [0.1, 0.15) is 63.7 Å². The van der Waals surface area contributed by atoms with Gasteiger partial charge in [0, 0.05) is 32.0 Å². The molecule has 2 rings (SSSR count). The Balaban J connectivity index is 0.00000512. The fourth-order valence-electron chi connectivity index (χ4n) is 3.01. The molecule has 1 heterocycles. The number of methoxy groups -OCH3 is 1. The molecule has 0 unspecified atom stereocenters. The third-order valence-corrected chi connectivity index (χ3v) is 4.63. The second-order valence-electron chi connectivity index (χ2n) is 7.51. The summed E-state index contributed by atoms with van der Waals surface area (Å²) in [6, 6.07) is 6.09. The molecular weight excluding hydrogens is 521 g/mol. The predicted octanol–water partition coefficient (Wildman–Crippen LogP) is 4.34. The Bertz CT molecular complexity index is 811.